The second kappa shape index (κ2) is 4.86. The fourth-order valence-electron chi connectivity index (χ4n) is 0.775. The molecule has 5 nitrogen and oxygen atoms in total. The highest BCUT2D eigenvalue weighted by Crippen LogP contribution is 2.01. The highest BCUT2D eigenvalue weighted by molar-refractivity contribution is 5.96. The molecule has 0 bridgehead atoms. The fourth-order valence-corrected chi connectivity index (χ4v) is 0.775. The molecule has 0 unspecified atom stereocenters. The number of nitrogens with one attached hydrogen (secondary N) is 2. The van der Waals surface area contributed by atoms with Gasteiger partial charge in [-0.25, -0.2) is 5.43 Å². The lowest BCUT2D eigenvalue weighted by molar-refractivity contribution is 0.557. The Bertz CT molecular complexity index is 351. The van der Waals surface area contributed by atoms with E-state index in [0.29, 0.717) is 5.71 Å². The van der Waals surface area contributed by atoms with Gasteiger partial charge in [0.2, 0.25) is 5.96 Å². The highest BCUT2D eigenvalue weighted by atomic mass is 16.3. The van der Waals surface area contributed by atoms with E-state index < -0.39 is 0 Å². The Morgan fingerprint density at radius 2 is 2.50 bits per heavy atom. The molecule has 1 aromatic rings. The van der Waals surface area contributed by atoms with E-state index >= 15 is 0 Å². The van der Waals surface area contributed by atoms with Crippen molar-refractivity contribution in [1.82, 2.24) is 5.43 Å². The monoisotopic (exact) mass is 192 g/mol. The first-order valence-corrected chi connectivity index (χ1v) is 4.04. The minimum absolute atomic E-state index is 0.184. The molecule has 0 aliphatic heterocycles. The molecule has 0 aliphatic carbocycles. The van der Waals surface area contributed by atoms with Gasteiger partial charge in [0.25, 0.3) is 0 Å². The quantitative estimate of drug-likeness (QED) is 0.381. The summed E-state index contributed by atoms with van der Waals surface area (Å²) in [6.45, 7) is 1.79. The van der Waals surface area contributed by atoms with Gasteiger partial charge < -0.3 is 10.2 Å². The van der Waals surface area contributed by atoms with E-state index in [9.17, 15) is 0 Å². The molecule has 0 saturated carbocycles. The van der Waals surface area contributed by atoms with Crippen molar-refractivity contribution in [3.63, 3.8) is 0 Å². The second-order valence-corrected chi connectivity index (χ2v) is 2.63. The second-order valence-electron chi connectivity index (χ2n) is 2.63. The lowest BCUT2D eigenvalue weighted by Gasteiger charge is -1.95. The molecule has 5 heteroatoms. The Kier molecular flexibility index (Phi) is 3.49. The van der Waals surface area contributed by atoms with Crippen LogP contribution >= 0.6 is 0 Å². The number of hydrogen-bond donors (Lipinski definition) is 3. The van der Waals surface area contributed by atoms with Gasteiger partial charge in [-0.15, -0.1) is 0 Å². The summed E-state index contributed by atoms with van der Waals surface area (Å²) in [6.07, 6.45) is 5.13. The van der Waals surface area contributed by atoms with Gasteiger partial charge in [0.1, 0.15) is 5.76 Å². The minimum atomic E-state index is -0.184. The third-order valence-electron chi connectivity index (χ3n) is 1.38. The average Bonchev–Trinajstić information content (AvgIpc) is 2.63. The van der Waals surface area contributed by atoms with E-state index in [2.05, 4.69) is 10.5 Å². The van der Waals surface area contributed by atoms with E-state index in [0.717, 1.165) is 5.76 Å². The number of nitrogens with zero attached hydrogens (tertiary/aromatic N) is 1. The standard InChI is InChI=1S/C9H12N4O/c1-7(12-13-9(10)11)4-5-8-3-2-6-14-8/h2-6H,1H3,(H4,10,11,13)/b5-4+,12-7+. The molecular formula is C9H12N4O. The number of furan rings is 1. The molecule has 0 aliphatic rings. The van der Waals surface area contributed by atoms with Crippen LogP contribution in [0, 0.1) is 5.41 Å². The average molecular weight is 192 g/mol. The molecule has 0 spiro atoms. The minimum Gasteiger partial charge on any atom is -0.465 e. The molecule has 0 atom stereocenters. The molecule has 1 rings (SSSR count). The van der Waals surface area contributed by atoms with Crippen LogP contribution in [0.1, 0.15) is 12.7 Å². The normalized spacial score (nSPS) is 11.9. The SMILES string of the molecule is CC(/C=C/c1ccco1)=N\NC(=N)N. The molecule has 0 aromatic carbocycles. The van der Waals surface area contributed by atoms with Crippen molar-refractivity contribution < 1.29 is 4.42 Å². The van der Waals surface area contributed by atoms with Crippen LogP contribution in [0.15, 0.2) is 34.0 Å². The van der Waals surface area contributed by atoms with Crippen molar-refractivity contribution in [1.29, 1.82) is 5.41 Å². The Balaban J connectivity index is 2.51. The first-order valence-electron chi connectivity index (χ1n) is 4.04. The van der Waals surface area contributed by atoms with Crippen LogP contribution in [0.2, 0.25) is 0 Å². The van der Waals surface area contributed by atoms with Crippen LogP contribution in [0.5, 0.6) is 0 Å². The maximum absolute atomic E-state index is 6.88. The van der Waals surface area contributed by atoms with Gasteiger partial charge >= 0.3 is 0 Å². The topological polar surface area (TPSA) is 87.4 Å². The Labute approximate surface area is 81.8 Å². The smallest absolute Gasteiger partial charge is 0.206 e. The summed E-state index contributed by atoms with van der Waals surface area (Å²) in [5.41, 5.74) is 8.10. The maximum atomic E-state index is 6.88. The Morgan fingerprint density at radius 3 is 3.07 bits per heavy atom. The molecule has 0 amide bonds. The lowest BCUT2D eigenvalue weighted by atomic mass is 10.3. The summed E-state index contributed by atoms with van der Waals surface area (Å²) in [7, 11) is 0. The number of rotatable bonds is 3. The van der Waals surface area contributed by atoms with Gasteiger partial charge in [-0.3, -0.25) is 5.41 Å². The van der Waals surface area contributed by atoms with Crippen LogP contribution < -0.4 is 11.2 Å². The summed E-state index contributed by atoms with van der Waals surface area (Å²) in [5.74, 6) is 0.568. The molecule has 0 radical (unpaired) electrons. The molecular weight excluding hydrogens is 180 g/mol. The molecule has 1 heterocycles. The lowest BCUT2D eigenvalue weighted by Crippen LogP contribution is -2.26. The summed E-state index contributed by atoms with van der Waals surface area (Å²) in [4.78, 5) is 0. The predicted molar refractivity (Wildman–Crippen MR) is 55.9 cm³/mol. The van der Waals surface area contributed by atoms with Gasteiger partial charge in [-0.1, -0.05) is 0 Å². The van der Waals surface area contributed by atoms with E-state index in [1.807, 2.05) is 6.07 Å². The number of guanidine groups is 1. The molecule has 74 valence electrons. The van der Waals surface area contributed by atoms with Crippen molar-refractivity contribution in [2.45, 2.75) is 6.92 Å². The largest absolute Gasteiger partial charge is 0.465 e. The van der Waals surface area contributed by atoms with Crippen LogP contribution in [0.3, 0.4) is 0 Å². The van der Waals surface area contributed by atoms with E-state index in [-0.39, 0.29) is 5.96 Å². The molecule has 14 heavy (non-hydrogen) atoms. The van der Waals surface area contributed by atoms with Gasteiger partial charge in [0.05, 0.1) is 12.0 Å². The first kappa shape index (κ1) is 10.0. The zero-order chi connectivity index (χ0) is 10.4. The van der Waals surface area contributed by atoms with Crippen molar-refractivity contribution in [2.75, 3.05) is 0 Å². The zero-order valence-electron chi connectivity index (χ0n) is 7.82. The van der Waals surface area contributed by atoms with Crippen molar-refractivity contribution in [3.05, 3.63) is 30.2 Å². The van der Waals surface area contributed by atoms with E-state index in [1.54, 1.807) is 31.4 Å². The van der Waals surface area contributed by atoms with Crippen LogP contribution in [-0.4, -0.2) is 11.7 Å². The van der Waals surface area contributed by atoms with E-state index in [4.69, 9.17) is 15.6 Å². The first-order chi connectivity index (χ1) is 6.68. The summed E-state index contributed by atoms with van der Waals surface area (Å²) < 4.78 is 5.08. The third kappa shape index (κ3) is 3.57. The van der Waals surface area contributed by atoms with Crippen molar-refractivity contribution >= 4 is 17.7 Å². The summed E-state index contributed by atoms with van der Waals surface area (Å²) in [6, 6.07) is 3.64. The molecule has 0 fully saturated rings. The summed E-state index contributed by atoms with van der Waals surface area (Å²) >= 11 is 0. The highest BCUT2D eigenvalue weighted by Gasteiger charge is 1.88. The summed E-state index contributed by atoms with van der Waals surface area (Å²) in [5, 5.41) is 10.7. The predicted octanol–water partition coefficient (Wildman–Crippen LogP) is 1.15. The molecule has 0 saturated heterocycles. The zero-order valence-corrected chi connectivity index (χ0v) is 7.82. The number of hydrogen-bond acceptors (Lipinski definition) is 3. The van der Waals surface area contributed by atoms with Crippen LogP contribution in [0.4, 0.5) is 0 Å². The van der Waals surface area contributed by atoms with E-state index in [1.165, 1.54) is 0 Å². The number of nitrogens with two attached hydrogens (primary N) is 1. The fraction of sp³-hybridized carbons (Fsp3) is 0.111. The number of hydrazone groups is 1. The van der Waals surface area contributed by atoms with Crippen LogP contribution in [0.25, 0.3) is 6.08 Å². The third-order valence-corrected chi connectivity index (χ3v) is 1.38. The Hall–Kier alpha value is -2.04. The van der Waals surface area contributed by atoms with Crippen molar-refractivity contribution in [3.8, 4) is 0 Å². The van der Waals surface area contributed by atoms with Gasteiger partial charge in [0.15, 0.2) is 0 Å². The van der Waals surface area contributed by atoms with Crippen LogP contribution in [-0.2, 0) is 0 Å². The molecule has 1 aromatic heterocycles. The van der Waals surface area contributed by atoms with Gasteiger partial charge in [-0.2, -0.15) is 5.10 Å². The molecule has 4 N–H and O–H groups in total. The van der Waals surface area contributed by atoms with Gasteiger partial charge in [0, 0.05) is 0 Å². The van der Waals surface area contributed by atoms with Crippen molar-refractivity contribution in [2.24, 2.45) is 10.8 Å². The maximum Gasteiger partial charge on any atom is 0.206 e. The Morgan fingerprint density at radius 1 is 1.71 bits per heavy atom. The number of allylic oxidation sites excluding steroid dienone is 1. The van der Waals surface area contributed by atoms with Gasteiger partial charge in [-0.05, 0) is 31.2 Å².